The van der Waals surface area contributed by atoms with Gasteiger partial charge in [0.25, 0.3) is 5.91 Å². The molecule has 2 aliphatic rings. The maximum absolute atomic E-state index is 12.9. The number of aromatic hydroxyl groups is 1. The van der Waals surface area contributed by atoms with E-state index >= 15 is 0 Å². The number of carbonyl (C=O) groups excluding carboxylic acids is 3. The van der Waals surface area contributed by atoms with Gasteiger partial charge in [0.15, 0.2) is 0 Å². The number of rotatable bonds is 17. The highest BCUT2D eigenvalue weighted by Gasteiger charge is 2.39. The lowest BCUT2D eigenvalue weighted by Gasteiger charge is -2.29. The largest absolute Gasteiger partial charge is 0.508 e. The first-order valence-electron chi connectivity index (χ1n) is 17.8. The summed E-state index contributed by atoms with van der Waals surface area (Å²) in [5, 5.41) is 12.2. The predicted molar refractivity (Wildman–Crippen MR) is 197 cm³/mol. The second-order valence-corrected chi connectivity index (χ2v) is 12.6. The van der Waals surface area contributed by atoms with Gasteiger partial charge >= 0.3 is 0 Å². The number of hydrogen-bond donors (Lipinski definition) is 2. The fourth-order valence-electron chi connectivity index (χ4n) is 6.56. The summed E-state index contributed by atoms with van der Waals surface area (Å²) < 4.78 is 23.2. The van der Waals surface area contributed by atoms with E-state index in [1.807, 2.05) is 48.5 Å². The van der Waals surface area contributed by atoms with E-state index in [9.17, 15) is 19.5 Å². The molecule has 52 heavy (non-hydrogen) atoms. The number of carbonyl (C=O) groups is 3. The van der Waals surface area contributed by atoms with Gasteiger partial charge in [-0.05, 0) is 88.7 Å². The molecule has 10 nitrogen and oxygen atoms in total. The molecule has 0 radical (unpaired) electrons. The van der Waals surface area contributed by atoms with E-state index in [1.165, 1.54) is 16.0 Å². The Bertz CT molecular complexity index is 1870. The molecule has 0 aromatic heterocycles. The number of phenolic OH excluding ortho intramolecular Hbond substituents is 1. The Morgan fingerprint density at radius 1 is 0.750 bits per heavy atom. The van der Waals surface area contributed by atoms with Crippen LogP contribution in [0.3, 0.4) is 0 Å². The molecular weight excluding hydrogens is 660 g/mol. The van der Waals surface area contributed by atoms with Crippen LogP contribution >= 0.6 is 0 Å². The maximum Gasteiger partial charge on any atom is 0.255 e. The molecule has 270 valence electrons. The van der Waals surface area contributed by atoms with Gasteiger partial charge in [-0.2, -0.15) is 0 Å². The summed E-state index contributed by atoms with van der Waals surface area (Å²) in [4.78, 5) is 38.2. The highest BCUT2D eigenvalue weighted by Crippen LogP contribution is 2.36. The first kappa shape index (κ1) is 36.3. The van der Waals surface area contributed by atoms with Crippen LogP contribution in [0.5, 0.6) is 17.2 Å². The zero-order valence-corrected chi connectivity index (χ0v) is 29.3. The van der Waals surface area contributed by atoms with Gasteiger partial charge in [0.2, 0.25) is 11.8 Å². The Kier molecular flexibility index (Phi) is 12.3. The number of ether oxygens (including phenoxy) is 4. The molecule has 2 N–H and O–H groups in total. The van der Waals surface area contributed by atoms with Crippen LogP contribution in [0.4, 0.5) is 0 Å². The molecule has 1 saturated heterocycles. The molecule has 10 heteroatoms. The van der Waals surface area contributed by atoms with Crippen molar-refractivity contribution in [1.29, 1.82) is 0 Å². The Morgan fingerprint density at radius 2 is 1.40 bits per heavy atom. The van der Waals surface area contributed by atoms with Gasteiger partial charge in [0.05, 0.1) is 26.4 Å². The third kappa shape index (κ3) is 9.06. The van der Waals surface area contributed by atoms with E-state index in [2.05, 4.69) is 36.5 Å². The van der Waals surface area contributed by atoms with E-state index in [0.717, 1.165) is 34.4 Å². The molecule has 1 fully saturated rings. The van der Waals surface area contributed by atoms with Crippen LogP contribution in [0.25, 0.3) is 11.1 Å². The summed E-state index contributed by atoms with van der Waals surface area (Å²) in [6, 6.07) is 30.5. The van der Waals surface area contributed by atoms with Crippen LogP contribution in [-0.4, -0.2) is 73.4 Å². The number of benzene rings is 4. The molecule has 4 aromatic carbocycles. The quantitative estimate of drug-likeness (QED) is 0.0736. The fraction of sp³-hybridized carbons (Fsp3) is 0.310. The van der Waals surface area contributed by atoms with Crippen LogP contribution < -0.4 is 14.8 Å². The van der Waals surface area contributed by atoms with Crippen molar-refractivity contribution < 1.29 is 38.4 Å². The number of fused-ring (bicyclic) bond motifs is 1. The van der Waals surface area contributed by atoms with Crippen molar-refractivity contribution in [2.24, 2.45) is 0 Å². The van der Waals surface area contributed by atoms with Gasteiger partial charge in [0.1, 0.15) is 29.9 Å². The van der Waals surface area contributed by atoms with E-state index < -0.39 is 11.9 Å². The van der Waals surface area contributed by atoms with Crippen molar-refractivity contribution >= 4 is 28.9 Å². The Balaban J connectivity index is 0.876. The van der Waals surface area contributed by atoms with Crippen LogP contribution in [0, 0.1) is 0 Å². The number of nitrogens with one attached hydrogen (secondary N) is 1. The number of allylic oxidation sites excluding steroid dienone is 1. The standard InChI is InChI=1S/C42H44N2O8/c1-2-36(29-7-4-3-5-8-29)40(30-9-13-33(45)14-10-30)31-11-15-34(16-12-31)52-26-25-50-24-23-49-21-6-22-51-35-17-18-37-32(27-35)28-44(42(37)48)38-19-20-39(46)43-41(38)47/h3-5,7-18,27,38,45H,2,6,19-26,28H2,1H3,(H,43,46,47)/b40-36-. The highest BCUT2D eigenvalue weighted by atomic mass is 16.5. The molecule has 0 aliphatic carbocycles. The van der Waals surface area contributed by atoms with Crippen LogP contribution in [0.2, 0.25) is 0 Å². The molecule has 0 saturated carbocycles. The van der Waals surface area contributed by atoms with Gasteiger partial charge in [-0.3, -0.25) is 19.7 Å². The second-order valence-electron chi connectivity index (χ2n) is 12.6. The van der Waals surface area contributed by atoms with Crippen molar-refractivity contribution in [2.45, 2.75) is 45.2 Å². The fourth-order valence-corrected chi connectivity index (χ4v) is 6.56. The minimum Gasteiger partial charge on any atom is -0.508 e. The van der Waals surface area contributed by atoms with Gasteiger partial charge in [-0.1, -0.05) is 61.5 Å². The second kappa shape index (κ2) is 17.7. The number of phenols is 1. The van der Waals surface area contributed by atoms with Crippen molar-refractivity contribution in [1.82, 2.24) is 10.2 Å². The van der Waals surface area contributed by atoms with Crippen LogP contribution in [0.15, 0.2) is 97.1 Å². The van der Waals surface area contributed by atoms with Crippen LogP contribution in [-0.2, 0) is 25.6 Å². The van der Waals surface area contributed by atoms with Gasteiger partial charge in [-0.15, -0.1) is 0 Å². The van der Waals surface area contributed by atoms with E-state index in [0.29, 0.717) is 70.3 Å². The summed E-state index contributed by atoms with van der Waals surface area (Å²) in [5.41, 5.74) is 6.98. The van der Waals surface area contributed by atoms with Crippen molar-refractivity contribution in [3.05, 3.63) is 125 Å². The molecule has 2 heterocycles. The van der Waals surface area contributed by atoms with Gasteiger partial charge in [-0.25, -0.2) is 0 Å². The molecule has 0 bridgehead atoms. The Morgan fingerprint density at radius 3 is 2.12 bits per heavy atom. The van der Waals surface area contributed by atoms with E-state index in [1.54, 1.807) is 24.3 Å². The topological polar surface area (TPSA) is 124 Å². The first-order valence-corrected chi connectivity index (χ1v) is 17.8. The van der Waals surface area contributed by atoms with Gasteiger partial charge in [0, 0.05) is 31.6 Å². The highest BCUT2D eigenvalue weighted by molar-refractivity contribution is 6.05. The Hall–Kier alpha value is -5.45. The summed E-state index contributed by atoms with van der Waals surface area (Å²) in [7, 11) is 0. The molecule has 6 rings (SSSR count). The molecule has 2 aliphatic heterocycles. The molecule has 1 unspecified atom stereocenters. The van der Waals surface area contributed by atoms with Crippen molar-refractivity contribution in [3.63, 3.8) is 0 Å². The minimum atomic E-state index is -0.636. The number of piperidine rings is 1. The molecule has 1 atom stereocenters. The number of nitrogens with zero attached hydrogens (tertiary/aromatic N) is 1. The summed E-state index contributed by atoms with van der Waals surface area (Å²) in [6.07, 6.45) is 2.10. The number of hydrogen-bond acceptors (Lipinski definition) is 8. The average Bonchev–Trinajstić information content (AvgIpc) is 3.48. The SMILES string of the molecule is CC/C(=C(\c1ccc(O)cc1)c1ccc(OCCOCCOCCCOc2ccc3c(c2)CN(C2CCC(=O)NC2=O)C3=O)cc1)c1ccccc1. The number of imide groups is 1. The molecule has 0 spiro atoms. The summed E-state index contributed by atoms with van der Waals surface area (Å²) in [5.74, 6) is 0.721. The van der Waals surface area contributed by atoms with Gasteiger partial charge < -0.3 is 29.0 Å². The van der Waals surface area contributed by atoms with E-state index in [4.69, 9.17) is 18.9 Å². The molecular formula is C42H44N2O8. The van der Waals surface area contributed by atoms with Crippen molar-refractivity contribution in [2.75, 3.05) is 39.6 Å². The Labute approximate surface area is 304 Å². The lowest BCUT2D eigenvalue weighted by Crippen LogP contribution is -2.52. The molecule has 4 aromatic rings. The van der Waals surface area contributed by atoms with Crippen molar-refractivity contribution in [3.8, 4) is 17.2 Å². The third-order valence-electron chi connectivity index (χ3n) is 9.14. The first-order chi connectivity index (χ1) is 25.4. The van der Waals surface area contributed by atoms with E-state index in [-0.39, 0.29) is 24.0 Å². The average molecular weight is 705 g/mol. The predicted octanol–water partition coefficient (Wildman–Crippen LogP) is 6.40. The third-order valence-corrected chi connectivity index (χ3v) is 9.14. The molecule has 3 amide bonds. The zero-order chi connectivity index (χ0) is 36.3. The lowest BCUT2D eigenvalue weighted by atomic mass is 9.88. The summed E-state index contributed by atoms with van der Waals surface area (Å²) >= 11 is 0. The summed E-state index contributed by atoms with van der Waals surface area (Å²) in [6.45, 7) is 5.19. The zero-order valence-electron chi connectivity index (χ0n) is 29.3. The minimum absolute atomic E-state index is 0.202. The smallest absolute Gasteiger partial charge is 0.255 e. The maximum atomic E-state index is 12.9. The monoisotopic (exact) mass is 704 g/mol. The number of amides is 3. The van der Waals surface area contributed by atoms with Crippen LogP contribution in [0.1, 0.15) is 65.2 Å². The lowest BCUT2D eigenvalue weighted by molar-refractivity contribution is -0.136. The normalized spacial score (nSPS) is 16.0.